The molecule has 5 rings (SSSR count). The average molecular weight is 425 g/mol. The van der Waals surface area contributed by atoms with E-state index in [1.165, 1.54) is 12.8 Å². The quantitative estimate of drug-likeness (QED) is 0.787. The van der Waals surface area contributed by atoms with Crippen molar-refractivity contribution in [2.24, 2.45) is 0 Å². The fourth-order valence-electron chi connectivity index (χ4n) is 4.83. The molecule has 1 aromatic carbocycles. The van der Waals surface area contributed by atoms with Crippen molar-refractivity contribution < 1.29 is 13.2 Å². The third-order valence-electron chi connectivity index (χ3n) is 6.56. The number of nitriles is 1. The van der Waals surface area contributed by atoms with Crippen LogP contribution in [0, 0.1) is 11.3 Å². The van der Waals surface area contributed by atoms with E-state index in [9.17, 15) is 13.2 Å². The van der Waals surface area contributed by atoms with Gasteiger partial charge in [0.1, 0.15) is 5.56 Å². The standard InChI is InChI=1S/C23H22F3N5/c24-23(25,26)18-13-28-22(29-19-7-8-20(19)31-9-1-2-10-31)30-21(18)17-6-4-15-11-14(12-27)3-5-16(15)17/h3,5-6,11,13,19-20H,1-2,4,7-10H2,(H,28,29,30)/t19-,20-/m0/s1. The van der Waals surface area contributed by atoms with Gasteiger partial charge in [0.15, 0.2) is 0 Å². The highest BCUT2D eigenvalue weighted by Crippen LogP contribution is 2.40. The van der Waals surface area contributed by atoms with Gasteiger partial charge in [0.25, 0.3) is 0 Å². The van der Waals surface area contributed by atoms with Crippen LogP contribution in [0.3, 0.4) is 0 Å². The van der Waals surface area contributed by atoms with Crippen LogP contribution < -0.4 is 5.32 Å². The fourth-order valence-corrected chi connectivity index (χ4v) is 4.83. The summed E-state index contributed by atoms with van der Waals surface area (Å²) in [6, 6.07) is 7.68. The van der Waals surface area contributed by atoms with Gasteiger partial charge in [-0.15, -0.1) is 0 Å². The Hall–Kier alpha value is -2.92. The fraction of sp³-hybridized carbons (Fsp3) is 0.435. The zero-order chi connectivity index (χ0) is 21.6. The van der Waals surface area contributed by atoms with Gasteiger partial charge in [-0.1, -0.05) is 12.1 Å². The van der Waals surface area contributed by atoms with Gasteiger partial charge >= 0.3 is 6.18 Å². The number of likely N-dealkylation sites (tertiary alicyclic amines) is 1. The molecule has 2 atom stereocenters. The van der Waals surface area contributed by atoms with Crippen molar-refractivity contribution in [2.45, 2.75) is 50.4 Å². The Morgan fingerprint density at radius 1 is 1.16 bits per heavy atom. The van der Waals surface area contributed by atoms with Crippen LogP contribution in [0.4, 0.5) is 19.1 Å². The summed E-state index contributed by atoms with van der Waals surface area (Å²) in [7, 11) is 0. The van der Waals surface area contributed by atoms with Crippen molar-refractivity contribution in [3.63, 3.8) is 0 Å². The van der Waals surface area contributed by atoms with Crippen LogP contribution >= 0.6 is 0 Å². The molecule has 1 aromatic heterocycles. The first-order valence-electron chi connectivity index (χ1n) is 10.6. The lowest BCUT2D eigenvalue weighted by Crippen LogP contribution is -2.53. The van der Waals surface area contributed by atoms with Crippen LogP contribution in [0.2, 0.25) is 0 Å². The molecule has 1 saturated heterocycles. The van der Waals surface area contributed by atoms with Gasteiger partial charge in [0.2, 0.25) is 5.95 Å². The molecule has 0 spiro atoms. The molecule has 160 valence electrons. The summed E-state index contributed by atoms with van der Waals surface area (Å²) in [5.41, 5.74) is 1.52. The predicted molar refractivity (Wildman–Crippen MR) is 110 cm³/mol. The number of halogens is 3. The number of anilines is 1. The molecular weight excluding hydrogens is 403 g/mol. The molecule has 2 aromatic rings. The molecule has 8 heteroatoms. The summed E-state index contributed by atoms with van der Waals surface area (Å²) >= 11 is 0. The highest BCUT2D eigenvalue weighted by Gasteiger charge is 2.39. The Morgan fingerprint density at radius 3 is 2.65 bits per heavy atom. The van der Waals surface area contributed by atoms with Gasteiger partial charge < -0.3 is 5.32 Å². The van der Waals surface area contributed by atoms with Crippen LogP contribution in [-0.4, -0.2) is 40.0 Å². The van der Waals surface area contributed by atoms with E-state index in [0.717, 1.165) is 37.7 Å². The van der Waals surface area contributed by atoms with E-state index < -0.39 is 11.7 Å². The zero-order valence-corrected chi connectivity index (χ0v) is 16.9. The summed E-state index contributed by atoms with van der Waals surface area (Å²) < 4.78 is 41.3. The number of aromatic nitrogens is 2. The average Bonchev–Trinajstić information content (AvgIpc) is 3.39. The second-order valence-corrected chi connectivity index (χ2v) is 8.40. The molecule has 3 aliphatic rings. The molecular formula is C23H22F3N5. The van der Waals surface area contributed by atoms with Gasteiger partial charge in [0.05, 0.1) is 17.3 Å². The maximum atomic E-state index is 13.8. The number of benzene rings is 1. The van der Waals surface area contributed by atoms with Gasteiger partial charge in [0, 0.05) is 23.9 Å². The molecule has 0 unspecified atom stereocenters. The molecule has 1 aliphatic heterocycles. The normalized spacial score (nSPS) is 23.1. The van der Waals surface area contributed by atoms with E-state index in [-0.39, 0.29) is 17.7 Å². The van der Waals surface area contributed by atoms with Crippen molar-refractivity contribution >= 4 is 11.5 Å². The zero-order valence-electron chi connectivity index (χ0n) is 16.9. The predicted octanol–water partition coefficient (Wildman–Crippen LogP) is 4.39. The number of rotatable bonds is 4. The number of hydrogen-bond donors (Lipinski definition) is 1. The van der Waals surface area contributed by atoms with Crippen LogP contribution in [0.5, 0.6) is 0 Å². The first-order valence-corrected chi connectivity index (χ1v) is 10.6. The van der Waals surface area contributed by atoms with Gasteiger partial charge in [-0.25, -0.2) is 9.97 Å². The highest BCUT2D eigenvalue weighted by molar-refractivity contribution is 5.85. The van der Waals surface area contributed by atoms with E-state index >= 15 is 0 Å². The minimum Gasteiger partial charge on any atom is -0.350 e. The van der Waals surface area contributed by atoms with Crippen molar-refractivity contribution in [3.05, 3.63) is 58.4 Å². The number of nitrogens with zero attached hydrogens (tertiary/aromatic N) is 4. The van der Waals surface area contributed by atoms with E-state index in [2.05, 4.69) is 26.3 Å². The van der Waals surface area contributed by atoms with Gasteiger partial charge in [-0.2, -0.15) is 18.4 Å². The second-order valence-electron chi connectivity index (χ2n) is 8.40. The first kappa shape index (κ1) is 20.0. The largest absolute Gasteiger partial charge is 0.419 e. The Kier molecular flexibility index (Phi) is 4.94. The Morgan fingerprint density at radius 2 is 1.97 bits per heavy atom. The molecule has 2 heterocycles. The Balaban J connectivity index is 1.46. The molecule has 2 fully saturated rings. The number of allylic oxidation sites excluding steroid dienone is 1. The SMILES string of the molecule is N#Cc1ccc2c(c1)CC=C2c1nc(N[C@H]2CC[C@@H]2N2CCCC2)ncc1C(F)(F)F. The molecule has 1 N–H and O–H groups in total. The van der Waals surface area contributed by atoms with Crippen LogP contribution in [0.25, 0.3) is 5.57 Å². The van der Waals surface area contributed by atoms with Gasteiger partial charge in [-0.05, 0) is 68.5 Å². The maximum absolute atomic E-state index is 13.8. The molecule has 0 amide bonds. The minimum absolute atomic E-state index is 0.106. The number of alkyl halides is 3. The summed E-state index contributed by atoms with van der Waals surface area (Å²) in [4.78, 5) is 10.8. The van der Waals surface area contributed by atoms with E-state index in [1.54, 1.807) is 24.3 Å². The maximum Gasteiger partial charge on any atom is 0.419 e. The smallest absolute Gasteiger partial charge is 0.350 e. The summed E-state index contributed by atoms with van der Waals surface area (Å²) in [5.74, 6) is 0.236. The van der Waals surface area contributed by atoms with Crippen molar-refractivity contribution in [1.82, 2.24) is 14.9 Å². The minimum atomic E-state index is -4.56. The number of nitrogens with one attached hydrogen (secondary N) is 1. The molecule has 0 radical (unpaired) electrons. The van der Waals surface area contributed by atoms with E-state index in [1.807, 2.05) is 0 Å². The van der Waals surface area contributed by atoms with Gasteiger partial charge in [-0.3, -0.25) is 4.90 Å². The molecule has 1 saturated carbocycles. The van der Waals surface area contributed by atoms with Crippen molar-refractivity contribution in [1.29, 1.82) is 5.26 Å². The van der Waals surface area contributed by atoms with Crippen LogP contribution in [-0.2, 0) is 12.6 Å². The van der Waals surface area contributed by atoms with Crippen molar-refractivity contribution in [3.8, 4) is 6.07 Å². The topological polar surface area (TPSA) is 64.8 Å². The van der Waals surface area contributed by atoms with Crippen LogP contribution in [0.1, 0.15) is 53.6 Å². The number of fused-ring (bicyclic) bond motifs is 1. The Bertz CT molecular complexity index is 1080. The Labute approximate surface area is 178 Å². The lowest BCUT2D eigenvalue weighted by atomic mass is 9.85. The first-order chi connectivity index (χ1) is 14.9. The van der Waals surface area contributed by atoms with E-state index in [4.69, 9.17) is 5.26 Å². The second kappa shape index (κ2) is 7.65. The van der Waals surface area contributed by atoms with Crippen molar-refractivity contribution in [2.75, 3.05) is 18.4 Å². The molecule has 5 nitrogen and oxygen atoms in total. The third-order valence-corrected chi connectivity index (χ3v) is 6.56. The lowest BCUT2D eigenvalue weighted by molar-refractivity contribution is -0.138. The summed E-state index contributed by atoms with van der Waals surface area (Å²) in [6.07, 6.45) is 3.01. The van der Waals surface area contributed by atoms with E-state index in [0.29, 0.717) is 29.2 Å². The monoisotopic (exact) mass is 425 g/mol. The number of hydrogen-bond acceptors (Lipinski definition) is 5. The molecule has 31 heavy (non-hydrogen) atoms. The lowest BCUT2D eigenvalue weighted by Gasteiger charge is -2.43. The summed E-state index contributed by atoms with van der Waals surface area (Å²) in [5, 5.41) is 12.4. The molecule has 0 bridgehead atoms. The molecule has 2 aliphatic carbocycles. The van der Waals surface area contributed by atoms with Crippen LogP contribution in [0.15, 0.2) is 30.5 Å². The third kappa shape index (κ3) is 3.68. The summed E-state index contributed by atoms with van der Waals surface area (Å²) in [6.45, 7) is 2.16. The highest BCUT2D eigenvalue weighted by atomic mass is 19.4.